The Morgan fingerprint density at radius 2 is 1.70 bits per heavy atom. The molecule has 2 amide bonds. The third-order valence-electron chi connectivity index (χ3n) is 5.14. The number of hydrogen-bond acceptors (Lipinski definition) is 2. The van der Waals surface area contributed by atoms with Crippen molar-refractivity contribution in [3.05, 3.63) is 70.7 Å². The Balaban J connectivity index is 1.75. The van der Waals surface area contributed by atoms with Crippen LogP contribution in [0.2, 0.25) is 5.02 Å². The first-order valence-electron chi connectivity index (χ1n) is 9.42. The highest BCUT2D eigenvalue weighted by molar-refractivity contribution is 6.33. The van der Waals surface area contributed by atoms with Gasteiger partial charge in [0.2, 0.25) is 5.91 Å². The van der Waals surface area contributed by atoms with E-state index in [1.807, 2.05) is 35.2 Å². The minimum Gasteiger partial charge on any atom is -0.345 e. The Morgan fingerprint density at radius 3 is 2.37 bits per heavy atom. The summed E-state index contributed by atoms with van der Waals surface area (Å²) in [6.45, 7) is 3.80. The van der Waals surface area contributed by atoms with Gasteiger partial charge in [0.05, 0.1) is 23.0 Å². The first-order chi connectivity index (χ1) is 13.0. The van der Waals surface area contributed by atoms with E-state index >= 15 is 0 Å². The second-order valence-corrected chi connectivity index (χ2v) is 7.59. The van der Waals surface area contributed by atoms with Crippen LogP contribution in [0.4, 0.5) is 0 Å². The van der Waals surface area contributed by atoms with Crippen LogP contribution in [-0.2, 0) is 4.79 Å². The quantitative estimate of drug-likeness (QED) is 0.827. The molecule has 3 rings (SSSR count). The lowest BCUT2D eigenvalue weighted by molar-refractivity contribution is -0.133. The van der Waals surface area contributed by atoms with Gasteiger partial charge in [-0.1, -0.05) is 61.0 Å². The molecule has 1 aliphatic rings. The predicted molar refractivity (Wildman–Crippen MR) is 108 cm³/mol. The van der Waals surface area contributed by atoms with Crippen molar-refractivity contribution in [2.75, 3.05) is 13.1 Å². The van der Waals surface area contributed by atoms with E-state index in [1.54, 1.807) is 24.3 Å². The number of halogens is 1. The zero-order valence-corrected chi connectivity index (χ0v) is 16.3. The molecule has 2 aromatic rings. The van der Waals surface area contributed by atoms with Crippen LogP contribution in [0.1, 0.15) is 48.1 Å². The van der Waals surface area contributed by atoms with Crippen molar-refractivity contribution in [3.8, 4) is 0 Å². The van der Waals surface area contributed by atoms with Gasteiger partial charge in [-0.3, -0.25) is 9.59 Å². The number of piperidine rings is 1. The molecule has 0 spiro atoms. The van der Waals surface area contributed by atoms with Gasteiger partial charge in [-0.15, -0.1) is 0 Å². The molecule has 0 radical (unpaired) electrons. The third kappa shape index (κ3) is 5.10. The molecule has 1 heterocycles. The highest BCUT2D eigenvalue weighted by atomic mass is 35.5. The Morgan fingerprint density at radius 1 is 1.07 bits per heavy atom. The normalized spacial score (nSPS) is 16.0. The summed E-state index contributed by atoms with van der Waals surface area (Å²) in [5, 5.41) is 3.40. The summed E-state index contributed by atoms with van der Waals surface area (Å²) in [5.41, 5.74) is 1.33. The molecule has 2 aromatic carbocycles. The van der Waals surface area contributed by atoms with Gasteiger partial charge in [0, 0.05) is 13.1 Å². The fraction of sp³-hybridized carbons (Fsp3) is 0.364. The molecule has 5 heteroatoms. The number of nitrogens with zero attached hydrogens (tertiary/aromatic N) is 1. The molecule has 1 fully saturated rings. The lowest BCUT2D eigenvalue weighted by atomic mass is 9.97. The zero-order chi connectivity index (χ0) is 19.2. The summed E-state index contributed by atoms with van der Waals surface area (Å²) in [6, 6.07) is 16.2. The van der Waals surface area contributed by atoms with E-state index in [4.69, 9.17) is 11.6 Å². The van der Waals surface area contributed by atoms with E-state index < -0.39 is 0 Å². The zero-order valence-electron chi connectivity index (χ0n) is 15.5. The average molecular weight is 385 g/mol. The minimum absolute atomic E-state index is 0.0789. The lowest BCUT2D eigenvalue weighted by Crippen LogP contribution is -2.40. The van der Waals surface area contributed by atoms with Gasteiger partial charge < -0.3 is 10.2 Å². The van der Waals surface area contributed by atoms with Gasteiger partial charge in [0.25, 0.3) is 5.91 Å². The monoisotopic (exact) mass is 384 g/mol. The smallest absolute Gasteiger partial charge is 0.253 e. The number of carbonyl (C=O) groups is 2. The van der Waals surface area contributed by atoms with E-state index in [1.165, 1.54) is 0 Å². The Labute approximate surface area is 165 Å². The summed E-state index contributed by atoms with van der Waals surface area (Å²) in [6.07, 6.45) is 2.32. The summed E-state index contributed by atoms with van der Waals surface area (Å²) < 4.78 is 0. The van der Waals surface area contributed by atoms with E-state index in [0.29, 0.717) is 16.5 Å². The largest absolute Gasteiger partial charge is 0.345 e. The summed E-state index contributed by atoms with van der Waals surface area (Å²) in [4.78, 5) is 27.5. The molecule has 0 bridgehead atoms. The molecule has 1 atom stereocenters. The van der Waals surface area contributed by atoms with Gasteiger partial charge in [-0.05, 0) is 36.5 Å². The van der Waals surface area contributed by atoms with E-state index in [2.05, 4.69) is 12.2 Å². The maximum absolute atomic E-state index is 12.8. The SMILES string of the molecule is CC1CCN(C(=O)C[C@H](NC(=O)c2ccccc2Cl)c2ccccc2)CC1. The lowest BCUT2D eigenvalue weighted by Gasteiger charge is -2.31. The Hall–Kier alpha value is -2.33. The van der Waals surface area contributed by atoms with Crippen LogP contribution in [0.15, 0.2) is 54.6 Å². The Bertz CT molecular complexity index is 786. The van der Waals surface area contributed by atoms with Crippen molar-refractivity contribution < 1.29 is 9.59 Å². The van der Waals surface area contributed by atoms with Crippen molar-refractivity contribution in [1.29, 1.82) is 0 Å². The molecule has 27 heavy (non-hydrogen) atoms. The van der Waals surface area contributed by atoms with Gasteiger partial charge in [-0.25, -0.2) is 0 Å². The van der Waals surface area contributed by atoms with E-state index in [0.717, 1.165) is 31.5 Å². The Kier molecular flexibility index (Phi) is 6.51. The summed E-state index contributed by atoms with van der Waals surface area (Å²) >= 11 is 6.15. The molecular weight excluding hydrogens is 360 g/mol. The van der Waals surface area contributed by atoms with Gasteiger partial charge in [0.15, 0.2) is 0 Å². The maximum atomic E-state index is 12.8. The molecule has 1 saturated heterocycles. The average Bonchev–Trinajstić information content (AvgIpc) is 2.69. The van der Waals surface area contributed by atoms with Crippen LogP contribution in [0.3, 0.4) is 0 Å². The third-order valence-corrected chi connectivity index (χ3v) is 5.47. The fourth-order valence-corrected chi connectivity index (χ4v) is 3.60. The molecule has 0 aliphatic carbocycles. The van der Waals surface area contributed by atoms with Gasteiger partial charge in [-0.2, -0.15) is 0 Å². The number of likely N-dealkylation sites (tertiary alicyclic amines) is 1. The number of hydrogen-bond donors (Lipinski definition) is 1. The van der Waals surface area contributed by atoms with Crippen molar-refractivity contribution in [2.24, 2.45) is 5.92 Å². The first-order valence-corrected chi connectivity index (χ1v) is 9.80. The molecular formula is C22H25ClN2O2. The summed E-state index contributed by atoms with van der Waals surface area (Å²) in [7, 11) is 0. The van der Waals surface area contributed by atoms with Crippen LogP contribution in [0.5, 0.6) is 0 Å². The maximum Gasteiger partial charge on any atom is 0.253 e. The summed E-state index contributed by atoms with van der Waals surface area (Å²) in [5.74, 6) is 0.476. The number of benzene rings is 2. The molecule has 0 unspecified atom stereocenters. The van der Waals surface area contributed by atoms with Crippen molar-refractivity contribution in [1.82, 2.24) is 10.2 Å². The number of amides is 2. The predicted octanol–water partition coefficient (Wildman–Crippen LogP) is 4.46. The second kappa shape index (κ2) is 9.05. The van der Waals surface area contributed by atoms with Crippen LogP contribution < -0.4 is 5.32 Å². The number of carbonyl (C=O) groups excluding carboxylic acids is 2. The van der Waals surface area contributed by atoms with Crippen molar-refractivity contribution in [2.45, 2.75) is 32.2 Å². The second-order valence-electron chi connectivity index (χ2n) is 7.18. The highest BCUT2D eigenvalue weighted by Gasteiger charge is 2.25. The van der Waals surface area contributed by atoms with Crippen LogP contribution in [0.25, 0.3) is 0 Å². The van der Waals surface area contributed by atoms with E-state index in [-0.39, 0.29) is 24.3 Å². The molecule has 142 valence electrons. The number of nitrogens with one attached hydrogen (secondary N) is 1. The van der Waals surface area contributed by atoms with Crippen LogP contribution in [0, 0.1) is 5.92 Å². The van der Waals surface area contributed by atoms with Gasteiger partial charge in [0.1, 0.15) is 0 Å². The highest BCUT2D eigenvalue weighted by Crippen LogP contribution is 2.23. The number of rotatable bonds is 5. The standard InChI is InChI=1S/C22H25ClN2O2/c1-16-11-13-25(14-12-16)21(26)15-20(17-7-3-2-4-8-17)24-22(27)18-9-5-6-10-19(18)23/h2-10,16,20H,11-15H2,1H3,(H,24,27)/t20-/m0/s1. The minimum atomic E-state index is -0.387. The van der Waals surface area contributed by atoms with Crippen molar-refractivity contribution >= 4 is 23.4 Å². The van der Waals surface area contributed by atoms with Crippen LogP contribution in [-0.4, -0.2) is 29.8 Å². The van der Waals surface area contributed by atoms with Crippen LogP contribution >= 0.6 is 11.6 Å². The van der Waals surface area contributed by atoms with Crippen molar-refractivity contribution in [3.63, 3.8) is 0 Å². The molecule has 1 N–H and O–H groups in total. The van der Waals surface area contributed by atoms with E-state index in [9.17, 15) is 9.59 Å². The van der Waals surface area contributed by atoms with Gasteiger partial charge >= 0.3 is 0 Å². The molecule has 1 aliphatic heterocycles. The molecule has 0 aromatic heterocycles. The topological polar surface area (TPSA) is 49.4 Å². The fourth-order valence-electron chi connectivity index (χ4n) is 3.38. The first kappa shape index (κ1) is 19.4. The molecule has 0 saturated carbocycles. The molecule has 4 nitrogen and oxygen atoms in total.